The van der Waals surface area contributed by atoms with E-state index in [0.717, 1.165) is 23.3 Å². The van der Waals surface area contributed by atoms with Crippen LogP contribution < -0.4 is 9.47 Å². The molecule has 1 atom stereocenters. The molecule has 204 valence electrons. The Morgan fingerprint density at radius 1 is 1.05 bits per heavy atom. The van der Waals surface area contributed by atoms with Gasteiger partial charge in [-0.25, -0.2) is 8.42 Å². The zero-order valence-electron chi connectivity index (χ0n) is 22.0. The van der Waals surface area contributed by atoms with E-state index in [4.69, 9.17) is 14.2 Å². The number of carbonyl (C=O) groups is 1. The van der Waals surface area contributed by atoms with E-state index in [2.05, 4.69) is 0 Å². The van der Waals surface area contributed by atoms with E-state index < -0.39 is 10.0 Å². The smallest absolute Gasteiger partial charge is 0.243 e. The van der Waals surface area contributed by atoms with Crippen molar-refractivity contribution in [1.29, 1.82) is 0 Å². The van der Waals surface area contributed by atoms with Gasteiger partial charge in [-0.1, -0.05) is 17.7 Å². The van der Waals surface area contributed by atoms with Crippen molar-refractivity contribution in [2.75, 3.05) is 47.1 Å². The number of nitrogens with zero attached hydrogens (tertiary/aromatic N) is 2. The number of benzene rings is 2. The summed E-state index contributed by atoms with van der Waals surface area (Å²) in [4.78, 5) is 16.8. The number of hydrogen-bond acceptors (Lipinski definition) is 7. The fraction of sp³-hybridized carbons (Fsp3) is 0.393. The van der Waals surface area contributed by atoms with E-state index in [0.29, 0.717) is 25.3 Å². The van der Waals surface area contributed by atoms with Crippen molar-refractivity contribution in [3.8, 4) is 11.5 Å². The third kappa shape index (κ3) is 6.55. The molecule has 0 fully saturated rings. The third-order valence-corrected chi connectivity index (χ3v) is 9.46. The molecule has 0 N–H and O–H groups in total. The lowest BCUT2D eigenvalue weighted by Crippen LogP contribution is -2.48. The fourth-order valence-corrected chi connectivity index (χ4v) is 6.85. The maximum atomic E-state index is 13.7. The van der Waals surface area contributed by atoms with Gasteiger partial charge in [0, 0.05) is 31.7 Å². The summed E-state index contributed by atoms with van der Waals surface area (Å²) in [6, 6.07) is 15.7. The van der Waals surface area contributed by atoms with Crippen LogP contribution >= 0.6 is 11.3 Å². The minimum absolute atomic E-state index is 0.113. The topological polar surface area (TPSA) is 85.4 Å². The SMILES string of the molecule is COCCCN(CC(=O)N1CCc2sccc2C1COc1ccc(C)cc1)S(=O)(=O)c1ccc(OC)cc1. The maximum absolute atomic E-state index is 13.7. The summed E-state index contributed by atoms with van der Waals surface area (Å²) < 4.78 is 44.8. The zero-order chi connectivity index (χ0) is 27.1. The number of methoxy groups -OCH3 is 2. The predicted molar refractivity (Wildman–Crippen MR) is 147 cm³/mol. The first kappa shape index (κ1) is 28.1. The minimum atomic E-state index is -3.92. The Kier molecular flexibility index (Phi) is 9.43. The summed E-state index contributed by atoms with van der Waals surface area (Å²) in [5.74, 6) is 1.03. The van der Waals surface area contributed by atoms with E-state index in [-0.39, 0.29) is 36.5 Å². The van der Waals surface area contributed by atoms with Crippen LogP contribution in [0.1, 0.15) is 28.5 Å². The van der Waals surface area contributed by atoms with Crippen molar-refractivity contribution in [3.05, 3.63) is 76.0 Å². The number of carbonyl (C=O) groups excluding carboxylic acids is 1. The van der Waals surface area contributed by atoms with E-state index in [9.17, 15) is 13.2 Å². The first-order chi connectivity index (χ1) is 18.3. The van der Waals surface area contributed by atoms with Crippen molar-refractivity contribution in [2.45, 2.75) is 30.7 Å². The molecule has 0 spiro atoms. The number of sulfonamides is 1. The van der Waals surface area contributed by atoms with Gasteiger partial charge in [0.1, 0.15) is 18.1 Å². The van der Waals surface area contributed by atoms with Gasteiger partial charge in [0.05, 0.1) is 24.6 Å². The number of thiophene rings is 1. The lowest BCUT2D eigenvalue weighted by atomic mass is 10.0. The quantitative estimate of drug-likeness (QED) is 0.308. The van der Waals surface area contributed by atoms with Crippen molar-refractivity contribution < 1.29 is 27.4 Å². The highest BCUT2D eigenvalue weighted by Crippen LogP contribution is 2.34. The molecule has 3 aromatic rings. The average molecular weight is 559 g/mol. The molecule has 1 unspecified atom stereocenters. The summed E-state index contributed by atoms with van der Waals surface area (Å²) in [7, 11) is -0.830. The van der Waals surface area contributed by atoms with Crippen LogP contribution in [0, 0.1) is 6.92 Å². The molecule has 0 aliphatic carbocycles. The highest BCUT2D eigenvalue weighted by Gasteiger charge is 2.35. The molecule has 2 heterocycles. The predicted octanol–water partition coefficient (Wildman–Crippen LogP) is 4.30. The molecule has 1 aliphatic heterocycles. The maximum Gasteiger partial charge on any atom is 0.243 e. The summed E-state index contributed by atoms with van der Waals surface area (Å²) in [6.45, 7) is 3.09. The van der Waals surface area contributed by atoms with Crippen molar-refractivity contribution in [2.24, 2.45) is 0 Å². The Bertz CT molecular complexity index is 1310. The van der Waals surface area contributed by atoms with Crippen LogP contribution in [0.4, 0.5) is 0 Å². The normalized spacial score (nSPS) is 15.4. The third-order valence-electron chi connectivity index (χ3n) is 6.61. The molecule has 1 aromatic heterocycles. The summed E-state index contributed by atoms with van der Waals surface area (Å²) in [6.07, 6.45) is 1.20. The second kappa shape index (κ2) is 12.8. The Morgan fingerprint density at radius 3 is 2.45 bits per heavy atom. The summed E-state index contributed by atoms with van der Waals surface area (Å²) in [5.41, 5.74) is 2.20. The van der Waals surface area contributed by atoms with Crippen molar-refractivity contribution >= 4 is 27.3 Å². The van der Waals surface area contributed by atoms with Crippen LogP contribution in [0.2, 0.25) is 0 Å². The lowest BCUT2D eigenvalue weighted by molar-refractivity contribution is -0.135. The summed E-state index contributed by atoms with van der Waals surface area (Å²) in [5, 5.41) is 2.03. The molecule has 38 heavy (non-hydrogen) atoms. The number of fused-ring (bicyclic) bond motifs is 1. The molecule has 0 bridgehead atoms. The second-order valence-corrected chi connectivity index (χ2v) is 12.1. The van der Waals surface area contributed by atoms with Crippen LogP contribution in [0.25, 0.3) is 0 Å². The van der Waals surface area contributed by atoms with Crippen LogP contribution in [-0.2, 0) is 26.0 Å². The van der Waals surface area contributed by atoms with Gasteiger partial charge >= 0.3 is 0 Å². The molecule has 0 saturated carbocycles. The molecule has 1 amide bonds. The van der Waals surface area contributed by atoms with Crippen molar-refractivity contribution in [3.63, 3.8) is 0 Å². The van der Waals surface area contributed by atoms with Gasteiger partial charge in [-0.15, -0.1) is 11.3 Å². The highest BCUT2D eigenvalue weighted by atomic mass is 32.2. The largest absolute Gasteiger partial charge is 0.497 e. The van der Waals surface area contributed by atoms with E-state index >= 15 is 0 Å². The van der Waals surface area contributed by atoms with E-state index in [1.807, 2.05) is 42.6 Å². The van der Waals surface area contributed by atoms with Gasteiger partial charge in [0.15, 0.2) is 0 Å². The van der Waals surface area contributed by atoms with Gasteiger partial charge in [0.25, 0.3) is 0 Å². The van der Waals surface area contributed by atoms with Gasteiger partial charge in [-0.3, -0.25) is 4.79 Å². The van der Waals surface area contributed by atoms with Gasteiger partial charge in [-0.2, -0.15) is 4.31 Å². The monoisotopic (exact) mass is 558 g/mol. The van der Waals surface area contributed by atoms with Crippen LogP contribution in [0.15, 0.2) is 64.9 Å². The molecule has 1 aliphatic rings. The molecule has 8 nitrogen and oxygen atoms in total. The number of ether oxygens (including phenoxy) is 3. The highest BCUT2D eigenvalue weighted by molar-refractivity contribution is 7.89. The van der Waals surface area contributed by atoms with E-state index in [1.165, 1.54) is 28.4 Å². The lowest BCUT2D eigenvalue weighted by Gasteiger charge is -2.37. The Labute approximate surface area is 228 Å². The Balaban J connectivity index is 1.55. The summed E-state index contributed by atoms with van der Waals surface area (Å²) >= 11 is 1.67. The average Bonchev–Trinajstić information content (AvgIpc) is 3.41. The van der Waals surface area contributed by atoms with Gasteiger partial charge < -0.3 is 19.1 Å². The van der Waals surface area contributed by atoms with Crippen LogP contribution in [0.5, 0.6) is 11.5 Å². The zero-order valence-corrected chi connectivity index (χ0v) is 23.6. The molecule has 0 saturated heterocycles. The van der Waals surface area contributed by atoms with Gasteiger partial charge in [0.2, 0.25) is 15.9 Å². The second-order valence-electron chi connectivity index (χ2n) is 9.14. The molecule has 2 aromatic carbocycles. The fourth-order valence-electron chi connectivity index (χ4n) is 4.49. The van der Waals surface area contributed by atoms with Gasteiger partial charge in [-0.05, 0) is 73.2 Å². The Hall–Kier alpha value is -2.92. The van der Waals surface area contributed by atoms with Crippen LogP contribution in [-0.4, -0.2) is 70.6 Å². The standard InChI is InChI=1S/C28H34N2O6S2/c1-21-5-7-23(8-6-21)36-20-26-25-14-18-37-27(25)13-16-30(26)28(31)19-29(15-4-17-34-2)38(32,33)24-11-9-22(35-3)10-12-24/h5-12,14,18,26H,4,13,15-17,19-20H2,1-3H3. The Morgan fingerprint density at radius 2 is 1.76 bits per heavy atom. The molecule has 4 rings (SSSR count). The first-order valence-electron chi connectivity index (χ1n) is 12.5. The molecule has 0 radical (unpaired) electrons. The van der Waals surface area contributed by atoms with Crippen LogP contribution in [0.3, 0.4) is 0 Å². The minimum Gasteiger partial charge on any atom is -0.497 e. The number of amides is 1. The number of aryl methyl sites for hydroxylation is 1. The first-order valence-corrected chi connectivity index (χ1v) is 14.8. The number of rotatable bonds is 12. The number of hydrogen-bond donors (Lipinski definition) is 0. The molecular weight excluding hydrogens is 524 g/mol. The van der Waals surface area contributed by atoms with Crippen molar-refractivity contribution in [1.82, 2.24) is 9.21 Å². The molecule has 10 heteroatoms. The van der Waals surface area contributed by atoms with E-state index in [1.54, 1.807) is 35.5 Å². The molecular formula is C28H34N2O6S2.